The van der Waals surface area contributed by atoms with Gasteiger partial charge in [0.15, 0.2) is 0 Å². The lowest BCUT2D eigenvalue weighted by atomic mass is 10.0. The molecule has 1 atom stereocenters. The Morgan fingerprint density at radius 1 is 1.19 bits per heavy atom. The van der Waals surface area contributed by atoms with E-state index in [4.69, 9.17) is 16.3 Å². The molecule has 2 bridgehead atoms. The molecule has 2 aromatic rings. The van der Waals surface area contributed by atoms with Crippen LogP contribution >= 0.6 is 11.6 Å². The lowest BCUT2D eigenvalue weighted by Crippen LogP contribution is -2.42. The molecule has 27 heavy (non-hydrogen) atoms. The van der Waals surface area contributed by atoms with Crippen molar-refractivity contribution in [3.05, 3.63) is 70.8 Å². The standard InChI is InChI=1S/C20H19ClN2O4/c21-15-11-13-7-8-18(15)27-10-4-3-9-22-16-6-2-1-5-14(16)19(24)23-17(12-13)20(25)26/h1-8,11,17,22H,9-10,12H2,(H,23,24)(H,25,26)/b4-3+/t17-/m0/s1. The number of aliphatic carboxylic acids is 1. The second-order valence-electron chi connectivity index (χ2n) is 6.04. The highest BCUT2D eigenvalue weighted by Crippen LogP contribution is 2.26. The number of benzene rings is 2. The minimum atomic E-state index is -1.12. The van der Waals surface area contributed by atoms with Gasteiger partial charge in [0.05, 0.1) is 10.6 Å². The molecule has 3 N–H and O–H groups in total. The summed E-state index contributed by atoms with van der Waals surface area (Å²) in [5, 5.41) is 15.7. The molecule has 0 radical (unpaired) electrons. The predicted octanol–water partition coefficient (Wildman–Crippen LogP) is 3.13. The number of fused-ring (bicyclic) bond motifs is 9. The van der Waals surface area contributed by atoms with E-state index in [2.05, 4.69) is 10.6 Å². The molecule has 0 saturated heterocycles. The van der Waals surface area contributed by atoms with Crippen LogP contribution in [0, 0.1) is 0 Å². The largest absolute Gasteiger partial charge is 0.488 e. The Morgan fingerprint density at radius 3 is 2.78 bits per heavy atom. The highest BCUT2D eigenvalue weighted by Gasteiger charge is 2.23. The third-order valence-electron chi connectivity index (χ3n) is 4.12. The zero-order valence-electron chi connectivity index (χ0n) is 14.4. The Kier molecular flexibility index (Phi) is 5.98. The molecule has 0 aromatic heterocycles. The van der Waals surface area contributed by atoms with Crippen molar-refractivity contribution in [1.29, 1.82) is 0 Å². The second-order valence-corrected chi connectivity index (χ2v) is 6.45. The van der Waals surface area contributed by atoms with Crippen molar-refractivity contribution in [3.63, 3.8) is 0 Å². The Balaban J connectivity index is 1.94. The van der Waals surface area contributed by atoms with Crippen LogP contribution in [-0.4, -0.2) is 36.2 Å². The van der Waals surface area contributed by atoms with Crippen LogP contribution in [0.4, 0.5) is 5.69 Å². The Morgan fingerprint density at radius 2 is 2.00 bits per heavy atom. The van der Waals surface area contributed by atoms with Crippen LogP contribution in [0.25, 0.3) is 0 Å². The number of carboxylic acid groups (broad SMARTS) is 1. The zero-order chi connectivity index (χ0) is 19.2. The van der Waals surface area contributed by atoms with Gasteiger partial charge in [-0.15, -0.1) is 0 Å². The molecule has 2 aliphatic rings. The van der Waals surface area contributed by atoms with E-state index >= 15 is 0 Å². The van der Waals surface area contributed by atoms with E-state index in [1.165, 1.54) is 0 Å². The van der Waals surface area contributed by atoms with Gasteiger partial charge in [0.2, 0.25) is 0 Å². The molecule has 4 rings (SSSR count). The van der Waals surface area contributed by atoms with Crippen molar-refractivity contribution in [1.82, 2.24) is 5.32 Å². The van der Waals surface area contributed by atoms with Crippen LogP contribution in [-0.2, 0) is 11.2 Å². The van der Waals surface area contributed by atoms with Crippen LogP contribution in [0.3, 0.4) is 0 Å². The highest BCUT2D eigenvalue weighted by atomic mass is 35.5. The number of ether oxygens (including phenoxy) is 1. The van der Waals surface area contributed by atoms with Gasteiger partial charge >= 0.3 is 5.97 Å². The van der Waals surface area contributed by atoms with Crippen molar-refractivity contribution in [3.8, 4) is 5.75 Å². The molecule has 140 valence electrons. The molecule has 0 saturated carbocycles. The number of hydrogen-bond donors (Lipinski definition) is 3. The number of carboxylic acids is 1. The smallest absolute Gasteiger partial charge is 0.326 e. The number of para-hydroxylation sites is 1. The number of carbonyl (C=O) groups is 2. The summed E-state index contributed by atoms with van der Waals surface area (Å²) in [6.07, 6.45) is 3.84. The van der Waals surface area contributed by atoms with E-state index in [-0.39, 0.29) is 6.42 Å². The summed E-state index contributed by atoms with van der Waals surface area (Å²) < 4.78 is 5.62. The first-order chi connectivity index (χ1) is 13.0. The van der Waals surface area contributed by atoms with Crippen LogP contribution in [0.2, 0.25) is 5.02 Å². The van der Waals surface area contributed by atoms with Crippen molar-refractivity contribution >= 4 is 29.2 Å². The quantitative estimate of drug-likeness (QED) is 0.655. The van der Waals surface area contributed by atoms with E-state index < -0.39 is 17.9 Å². The highest BCUT2D eigenvalue weighted by molar-refractivity contribution is 6.32. The minimum Gasteiger partial charge on any atom is -0.488 e. The van der Waals surface area contributed by atoms with Crippen molar-refractivity contribution in [2.75, 3.05) is 18.5 Å². The molecular weight excluding hydrogens is 368 g/mol. The number of nitrogens with one attached hydrogen (secondary N) is 2. The summed E-state index contributed by atoms with van der Waals surface area (Å²) in [5.74, 6) is -1.05. The van der Waals surface area contributed by atoms with Gasteiger partial charge in [0, 0.05) is 18.7 Å². The first kappa shape index (κ1) is 18.8. The molecule has 0 fully saturated rings. The van der Waals surface area contributed by atoms with Gasteiger partial charge < -0.3 is 20.5 Å². The topological polar surface area (TPSA) is 87.7 Å². The number of halogens is 1. The number of carbonyl (C=O) groups excluding carboxylic acids is 1. The van der Waals surface area contributed by atoms with Gasteiger partial charge in [-0.2, -0.15) is 0 Å². The fourth-order valence-electron chi connectivity index (χ4n) is 2.75. The third-order valence-corrected chi connectivity index (χ3v) is 4.42. The van der Waals surface area contributed by atoms with E-state index in [0.29, 0.717) is 40.7 Å². The lowest BCUT2D eigenvalue weighted by molar-refractivity contribution is -0.139. The molecule has 0 unspecified atom stereocenters. The molecule has 2 aromatic carbocycles. The summed E-state index contributed by atoms with van der Waals surface area (Å²) in [4.78, 5) is 24.3. The normalized spacial score (nSPS) is 18.6. The van der Waals surface area contributed by atoms with E-state index in [1.807, 2.05) is 18.2 Å². The van der Waals surface area contributed by atoms with Gasteiger partial charge in [-0.1, -0.05) is 35.9 Å². The van der Waals surface area contributed by atoms with E-state index in [9.17, 15) is 14.7 Å². The summed E-state index contributed by atoms with van der Waals surface area (Å²) in [7, 11) is 0. The zero-order valence-corrected chi connectivity index (χ0v) is 15.2. The monoisotopic (exact) mass is 386 g/mol. The first-order valence-electron chi connectivity index (χ1n) is 8.47. The molecular formula is C20H19ClN2O4. The van der Waals surface area contributed by atoms with Crippen molar-refractivity contribution in [2.24, 2.45) is 0 Å². The summed E-state index contributed by atoms with van der Waals surface area (Å²) in [5.41, 5.74) is 1.70. The van der Waals surface area contributed by atoms with Gasteiger partial charge in [0.1, 0.15) is 18.4 Å². The van der Waals surface area contributed by atoms with Gasteiger partial charge in [-0.05, 0) is 35.9 Å². The minimum absolute atomic E-state index is 0.108. The Hall–Kier alpha value is -2.99. The number of amides is 1. The summed E-state index contributed by atoms with van der Waals surface area (Å²) >= 11 is 6.22. The van der Waals surface area contributed by atoms with Crippen LogP contribution < -0.4 is 15.4 Å². The maximum absolute atomic E-state index is 12.7. The molecule has 0 aliphatic carbocycles. The average molecular weight is 387 g/mol. The van der Waals surface area contributed by atoms with Crippen molar-refractivity contribution < 1.29 is 19.4 Å². The van der Waals surface area contributed by atoms with E-state index in [0.717, 1.165) is 0 Å². The maximum atomic E-state index is 12.7. The molecule has 2 heterocycles. The molecule has 6 nitrogen and oxygen atoms in total. The van der Waals surface area contributed by atoms with Gasteiger partial charge in [0.25, 0.3) is 5.91 Å². The van der Waals surface area contributed by atoms with Crippen LogP contribution in [0.15, 0.2) is 54.6 Å². The number of anilines is 1. The summed E-state index contributed by atoms with van der Waals surface area (Å²) in [6.45, 7) is 0.837. The molecule has 0 spiro atoms. The number of hydrogen-bond acceptors (Lipinski definition) is 4. The van der Waals surface area contributed by atoms with E-state index in [1.54, 1.807) is 36.4 Å². The Bertz CT molecular complexity index is 882. The third kappa shape index (κ3) is 4.80. The fourth-order valence-corrected chi connectivity index (χ4v) is 3.01. The lowest BCUT2D eigenvalue weighted by Gasteiger charge is -2.17. The summed E-state index contributed by atoms with van der Waals surface area (Å²) in [6, 6.07) is 11.0. The second kappa shape index (κ2) is 8.60. The number of rotatable bonds is 1. The SMILES string of the molecule is O=C1N[C@H](C(=O)O)Cc2ccc(c(Cl)c2)OC/C=C/CNc2ccccc21. The first-order valence-corrected chi connectivity index (χ1v) is 8.85. The maximum Gasteiger partial charge on any atom is 0.326 e. The Labute approximate surface area is 161 Å². The van der Waals surface area contributed by atoms with Gasteiger partial charge in [-0.3, -0.25) is 4.79 Å². The van der Waals surface area contributed by atoms with Crippen LogP contribution in [0.5, 0.6) is 5.75 Å². The van der Waals surface area contributed by atoms with Crippen LogP contribution in [0.1, 0.15) is 15.9 Å². The molecule has 7 heteroatoms. The molecule has 1 amide bonds. The predicted molar refractivity (Wildman–Crippen MR) is 104 cm³/mol. The molecule has 2 aliphatic heterocycles. The average Bonchev–Trinajstić information content (AvgIpc) is 2.64. The van der Waals surface area contributed by atoms with Gasteiger partial charge in [-0.25, -0.2) is 4.79 Å². The fraction of sp³-hybridized carbons (Fsp3) is 0.200. The van der Waals surface area contributed by atoms with Crippen molar-refractivity contribution in [2.45, 2.75) is 12.5 Å².